The molecule has 1 N–H and O–H groups in total. The highest BCUT2D eigenvalue weighted by Crippen LogP contribution is 2.43. The number of nitriles is 1. The molecule has 0 aliphatic rings. The number of benzene rings is 3. The molecule has 0 radical (unpaired) electrons. The van der Waals surface area contributed by atoms with Crippen molar-refractivity contribution in [3.05, 3.63) is 83.9 Å². The first kappa shape index (κ1) is 30.0. The number of nitrogens with zero attached hydrogens (tertiary/aromatic N) is 2. The fraction of sp³-hybridized carbons (Fsp3) is 0.188. The van der Waals surface area contributed by atoms with Crippen LogP contribution in [0.15, 0.2) is 77.8 Å². The Hall–Kier alpha value is -5.01. The number of methoxy groups -OCH3 is 4. The number of rotatable bonds is 11. The molecular formula is C32H29N3O6S. The number of ether oxygens (including phenoxy) is 4. The Kier molecular flexibility index (Phi) is 10.0. The van der Waals surface area contributed by atoms with Gasteiger partial charge in [0.05, 0.1) is 50.9 Å². The molecule has 0 fully saturated rings. The van der Waals surface area contributed by atoms with E-state index < -0.39 is 5.97 Å². The van der Waals surface area contributed by atoms with Gasteiger partial charge >= 0.3 is 5.97 Å². The average Bonchev–Trinajstić information content (AvgIpc) is 3.03. The predicted octanol–water partition coefficient (Wildman–Crippen LogP) is 6.22. The summed E-state index contributed by atoms with van der Waals surface area (Å²) in [5.41, 5.74) is 3.83. The fourth-order valence-corrected chi connectivity index (χ4v) is 5.23. The Morgan fingerprint density at radius 2 is 1.55 bits per heavy atom. The molecule has 1 aromatic heterocycles. The summed E-state index contributed by atoms with van der Waals surface area (Å²) >= 11 is 1.30. The van der Waals surface area contributed by atoms with E-state index in [1.54, 1.807) is 36.4 Å². The molecule has 0 saturated carbocycles. The van der Waals surface area contributed by atoms with E-state index in [9.17, 15) is 14.9 Å². The van der Waals surface area contributed by atoms with Gasteiger partial charge in [0, 0.05) is 23.3 Å². The van der Waals surface area contributed by atoms with Crippen molar-refractivity contribution in [1.82, 2.24) is 4.98 Å². The minimum atomic E-state index is -0.541. The quantitative estimate of drug-likeness (QED) is 0.162. The summed E-state index contributed by atoms with van der Waals surface area (Å²) in [6.45, 7) is 0. The first-order valence-corrected chi connectivity index (χ1v) is 13.8. The van der Waals surface area contributed by atoms with Crippen LogP contribution in [0.5, 0.6) is 17.2 Å². The van der Waals surface area contributed by atoms with Crippen LogP contribution in [0.4, 0.5) is 5.69 Å². The molecule has 4 rings (SSSR count). The largest absolute Gasteiger partial charge is 0.493 e. The molecule has 0 saturated heterocycles. The molecule has 214 valence electrons. The van der Waals surface area contributed by atoms with Gasteiger partial charge in [-0.25, -0.2) is 9.78 Å². The summed E-state index contributed by atoms with van der Waals surface area (Å²) in [6, 6.07) is 24.0. The van der Waals surface area contributed by atoms with Crippen LogP contribution in [0.1, 0.15) is 22.3 Å². The van der Waals surface area contributed by atoms with Gasteiger partial charge in [0.25, 0.3) is 0 Å². The minimum Gasteiger partial charge on any atom is -0.493 e. The summed E-state index contributed by atoms with van der Waals surface area (Å²) in [4.78, 5) is 29.7. The smallest absolute Gasteiger partial charge is 0.339 e. The van der Waals surface area contributed by atoms with Crippen LogP contribution >= 0.6 is 11.8 Å². The molecule has 1 amide bonds. The Labute approximate surface area is 248 Å². The number of aromatic nitrogens is 1. The van der Waals surface area contributed by atoms with Crippen LogP contribution < -0.4 is 19.5 Å². The lowest BCUT2D eigenvalue weighted by atomic mass is 9.98. The molecule has 0 aliphatic carbocycles. The van der Waals surface area contributed by atoms with E-state index in [2.05, 4.69) is 11.4 Å². The number of esters is 1. The molecule has 0 spiro atoms. The number of thioether (sulfide) groups is 1. The number of amides is 1. The summed E-state index contributed by atoms with van der Waals surface area (Å²) < 4.78 is 21.4. The maximum atomic E-state index is 12.8. The van der Waals surface area contributed by atoms with Crippen LogP contribution in [-0.2, 0) is 9.53 Å². The second-order valence-electron chi connectivity index (χ2n) is 8.81. The lowest BCUT2D eigenvalue weighted by molar-refractivity contribution is -0.115. The molecule has 10 heteroatoms. The highest BCUT2D eigenvalue weighted by Gasteiger charge is 2.21. The normalized spacial score (nSPS) is 10.4. The van der Waals surface area contributed by atoms with Crippen LogP contribution in [0, 0.1) is 11.3 Å². The maximum Gasteiger partial charge on any atom is 0.339 e. The van der Waals surface area contributed by atoms with E-state index in [-0.39, 0.29) is 17.9 Å². The topological polar surface area (TPSA) is 120 Å². The molecule has 0 unspecified atom stereocenters. The Morgan fingerprint density at radius 1 is 0.881 bits per heavy atom. The van der Waals surface area contributed by atoms with E-state index in [0.717, 1.165) is 5.56 Å². The zero-order valence-corrected chi connectivity index (χ0v) is 24.4. The first-order chi connectivity index (χ1) is 20.4. The van der Waals surface area contributed by atoms with Crippen molar-refractivity contribution in [1.29, 1.82) is 5.26 Å². The zero-order chi connectivity index (χ0) is 30.1. The molecule has 0 bridgehead atoms. The molecule has 1 heterocycles. The Balaban J connectivity index is 1.68. The lowest BCUT2D eigenvalue weighted by Crippen LogP contribution is -2.15. The number of pyridine rings is 1. The third-order valence-corrected chi connectivity index (χ3v) is 7.29. The summed E-state index contributed by atoms with van der Waals surface area (Å²) in [7, 11) is 5.88. The highest BCUT2D eigenvalue weighted by atomic mass is 32.2. The van der Waals surface area contributed by atoms with Gasteiger partial charge < -0.3 is 24.3 Å². The average molecular weight is 584 g/mol. The van der Waals surface area contributed by atoms with Crippen LogP contribution in [0.25, 0.3) is 22.4 Å². The number of carbonyl (C=O) groups is 2. The molecule has 42 heavy (non-hydrogen) atoms. The number of hydrogen-bond donors (Lipinski definition) is 1. The van der Waals surface area contributed by atoms with Crippen molar-refractivity contribution in [3.8, 4) is 45.7 Å². The summed E-state index contributed by atoms with van der Waals surface area (Å²) in [5, 5.41) is 13.5. The van der Waals surface area contributed by atoms with Gasteiger partial charge in [-0.15, -0.1) is 11.8 Å². The van der Waals surface area contributed by atoms with Crippen molar-refractivity contribution in [2.24, 2.45) is 0 Å². The van der Waals surface area contributed by atoms with Crippen molar-refractivity contribution in [2.45, 2.75) is 11.4 Å². The van der Waals surface area contributed by atoms with Crippen molar-refractivity contribution in [3.63, 3.8) is 0 Å². The molecular weight excluding hydrogens is 554 g/mol. The van der Waals surface area contributed by atoms with E-state index in [0.29, 0.717) is 56.1 Å². The number of para-hydroxylation sites is 1. The second kappa shape index (κ2) is 14.1. The van der Waals surface area contributed by atoms with E-state index >= 15 is 0 Å². The standard InChI is InChI=1S/C32H29N3O6S/c1-38-27-16-21(17-28(39-2)30(27)40-3)23-18-26(20-10-6-5-7-11-20)35-31(24(23)19-33)42-15-14-29(36)34-25-13-9-8-12-22(25)32(37)41-4/h5-13,16-18H,14-15H2,1-4H3,(H,34,36). The van der Waals surface area contributed by atoms with Gasteiger partial charge in [0.15, 0.2) is 11.5 Å². The van der Waals surface area contributed by atoms with E-state index in [1.807, 2.05) is 36.4 Å². The van der Waals surface area contributed by atoms with Crippen LogP contribution in [-0.4, -0.2) is 51.1 Å². The number of nitrogens with one attached hydrogen (secondary N) is 1. The lowest BCUT2D eigenvalue weighted by Gasteiger charge is -2.16. The zero-order valence-electron chi connectivity index (χ0n) is 23.6. The van der Waals surface area contributed by atoms with Crippen LogP contribution in [0.3, 0.4) is 0 Å². The van der Waals surface area contributed by atoms with Gasteiger partial charge in [-0.05, 0) is 35.9 Å². The highest BCUT2D eigenvalue weighted by molar-refractivity contribution is 7.99. The van der Waals surface area contributed by atoms with E-state index in [4.69, 9.17) is 23.9 Å². The van der Waals surface area contributed by atoms with Gasteiger partial charge in [0.2, 0.25) is 11.7 Å². The first-order valence-electron chi connectivity index (χ1n) is 12.8. The predicted molar refractivity (Wildman–Crippen MR) is 161 cm³/mol. The fourth-order valence-electron chi connectivity index (χ4n) is 4.29. The third-order valence-electron chi connectivity index (χ3n) is 6.32. The Morgan fingerprint density at radius 3 is 2.17 bits per heavy atom. The molecule has 0 aliphatic heterocycles. The number of anilines is 1. The van der Waals surface area contributed by atoms with Crippen molar-refractivity contribution in [2.75, 3.05) is 39.5 Å². The van der Waals surface area contributed by atoms with Crippen molar-refractivity contribution < 1.29 is 28.5 Å². The minimum absolute atomic E-state index is 0.113. The second-order valence-corrected chi connectivity index (χ2v) is 9.89. The molecule has 0 atom stereocenters. The van der Waals surface area contributed by atoms with Crippen molar-refractivity contribution >= 4 is 29.3 Å². The molecule has 3 aromatic carbocycles. The maximum absolute atomic E-state index is 12.8. The van der Waals surface area contributed by atoms with Gasteiger partial charge in [-0.3, -0.25) is 4.79 Å². The molecule has 4 aromatic rings. The van der Waals surface area contributed by atoms with Gasteiger partial charge in [-0.1, -0.05) is 42.5 Å². The van der Waals surface area contributed by atoms with Crippen LogP contribution in [0.2, 0.25) is 0 Å². The Bertz CT molecular complexity index is 1610. The molecule has 9 nitrogen and oxygen atoms in total. The van der Waals surface area contributed by atoms with Gasteiger partial charge in [0.1, 0.15) is 11.1 Å². The summed E-state index contributed by atoms with van der Waals surface area (Å²) in [5.74, 6) is 0.843. The number of carbonyl (C=O) groups excluding carboxylic acids is 2. The SMILES string of the molecule is COC(=O)c1ccccc1NC(=O)CCSc1nc(-c2ccccc2)cc(-c2cc(OC)c(OC)c(OC)c2)c1C#N. The monoisotopic (exact) mass is 583 g/mol. The summed E-state index contributed by atoms with van der Waals surface area (Å²) in [6.07, 6.45) is 0.113. The van der Waals surface area contributed by atoms with E-state index in [1.165, 1.54) is 40.2 Å². The third kappa shape index (κ3) is 6.65. The van der Waals surface area contributed by atoms with Gasteiger partial charge in [-0.2, -0.15) is 5.26 Å². The number of hydrogen-bond acceptors (Lipinski definition) is 9.